The molecule has 0 spiro atoms. The number of allylic oxidation sites excluding steroid dienone is 1. The molecule has 158 valence electrons. The Hall–Kier alpha value is -2.61. The maximum atomic E-state index is 12.8. The van der Waals surface area contributed by atoms with Crippen LogP contribution in [0, 0.1) is 0 Å². The number of hydrogen-bond acceptors (Lipinski definition) is 5. The van der Waals surface area contributed by atoms with Gasteiger partial charge in [-0.05, 0) is 52.9 Å². The maximum Gasteiger partial charge on any atom is 0.286 e. The van der Waals surface area contributed by atoms with E-state index in [-0.39, 0.29) is 18.4 Å². The number of carbonyl (C=O) groups is 1. The number of aromatic nitrogens is 1. The van der Waals surface area contributed by atoms with Crippen molar-refractivity contribution >= 4 is 28.1 Å². The van der Waals surface area contributed by atoms with Gasteiger partial charge in [0.05, 0.1) is 6.61 Å². The van der Waals surface area contributed by atoms with E-state index in [0.717, 1.165) is 17.5 Å². The summed E-state index contributed by atoms with van der Waals surface area (Å²) in [6, 6.07) is 10.2. The van der Waals surface area contributed by atoms with E-state index in [1.54, 1.807) is 11.3 Å². The van der Waals surface area contributed by atoms with Gasteiger partial charge in [-0.3, -0.25) is 4.79 Å². The summed E-state index contributed by atoms with van der Waals surface area (Å²) in [5.41, 5.74) is 3.42. The second-order valence-corrected chi connectivity index (χ2v) is 8.07. The smallest absolute Gasteiger partial charge is 0.286 e. The molecule has 1 aliphatic rings. The van der Waals surface area contributed by atoms with Crippen molar-refractivity contribution in [1.29, 1.82) is 0 Å². The molecule has 2 atom stereocenters. The minimum atomic E-state index is -0.499. The van der Waals surface area contributed by atoms with Crippen LogP contribution in [0.25, 0.3) is 10.9 Å². The van der Waals surface area contributed by atoms with Crippen LogP contribution >= 0.6 is 11.3 Å². The second-order valence-electron chi connectivity index (χ2n) is 7.29. The van der Waals surface area contributed by atoms with E-state index < -0.39 is 6.29 Å². The molecule has 1 amide bonds. The number of thiophene rings is 1. The van der Waals surface area contributed by atoms with Crippen molar-refractivity contribution in [2.24, 2.45) is 0 Å². The standard InChI is InChI=1S/C23H26N2O4S/c26-9-3-10-28-22-13-18(17-7-11-30-15-17)12-21(29-22)23(27)24-8-6-16-14-25-20-5-2-1-4-19(16)20/h1-2,4-5,7,11-12,14-15,18,22,25-26H,3,6,8-10,13H2,(H,24,27)/t18-,22+/m0/s1. The lowest BCUT2D eigenvalue weighted by atomic mass is 9.95. The zero-order valence-corrected chi connectivity index (χ0v) is 17.5. The van der Waals surface area contributed by atoms with Crippen molar-refractivity contribution in [1.82, 2.24) is 10.3 Å². The van der Waals surface area contributed by atoms with Crippen molar-refractivity contribution in [2.45, 2.75) is 31.5 Å². The Morgan fingerprint density at radius 2 is 2.23 bits per heavy atom. The van der Waals surface area contributed by atoms with Gasteiger partial charge >= 0.3 is 0 Å². The summed E-state index contributed by atoms with van der Waals surface area (Å²) in [6.45, 7) is 0.977. The molecule has 30 heavy (non-hydrogen) atoms. The predicted molar refractivity (Wildman–Crippen MR) is 117 cm³/mol. The van der Waals surface area contributed by atoms with Crippen molar-refractivity contribution < 1.29 is 19.4 Å². The fourth-order valence-corrected chi connectivity index (χ4v) is 4.38. The molecule has 4 rings (SSSR count). The highest BCUT2D eigenvalue weighted by Crippen LogP contribution is 2.32. The number of rotatable bonds is 9. The summed E-state index contributed by atoms with van der Waals surface area (Å²) in [5, 5.41) is 17.2. The fourth-order valence-electron chi connectivity index (χ4n) is 3.65. The monoisotopic (exact) mass is 426 g/mol. The van der Waals surface area contributed by atoms with E-state index in [2.05, 4.69) is 27.8 Å². The Kier molecular flexibility index (Phi) is 6.84. The third kappa shape index (κ3) is 4.92. The largest absolute Gasteiger partial charge is 0.459 e. The zero-order valence-electron chi connectivity index (χ0n) is 16.7. The lowest BCUT2D eigenvalue weighted by molar-refractivity contribution is -0.146. The first-order valence-electron chi connectivity index (χ1n) is 10.2. The Labute approximate surface area is 179 Å². The van der Waals surface area contributed by atoms with Crippen LogP contribution in [-0.2, 0) is 20.7 Å². The van der Waals surface area contributed by atoms with Crippen LogP contribution in [0.4, 0.5) is 0 Å². The number of aliphatic hydroxyl groups excluding tert-OH is 1. The molecule has 3 heterocycles. The molecule has 0 unspecified atom stereocenters. The molecule has 0 saturated heterocycles. The number of fused-ring (bicyclic) bond motifs is 1. The van der Waals surface area contributed by atoms with Crippen LogP contribution in [0.15, 0.2) is 59.1 Å². The highest BCUT2D eigenvalue weighted by molar-refractivity contribution is 7.08. The molecule has 3 aromatic rings. The van der Waals surface area contributed by atoms with Crippen LogP contribution in [0.2, 0.25) is 0 Å². The second kappa shape index (κ2) is 9.93. The van der Waals surface area contributed by atoms with Crippen molar-refractivity contribution in [3.05, 3.63) is 70.3 Å². The Morgan fingerprint density at radius 3 is 3.07 bits per heavy atom. The number of nitrogens with one attached hydrogen (secondary N) is 2. The minimum absolute atomic E-state index is 0.0672. The third-order valence-electron chi connectivity index (χ3n) is 5.21. The highest BCUT2D eigenvalue weighted by Gasteiger charge is 2.28. The van der Waals surface area contributed by atoms with Crippen LogP contribution < -0.4 is 5.32 Å². The average molecular weight is 427 g/mol. The number of ether oxygens (including phenoxy) is 2. The van der Waals surface area contributed by atoms with Gasteiger partial charge in [-0.25, -0.2) is 0 Å². The zero-order chi connectivity index (χ0) is 20.8. The first-order chi connectivity index (χ1) is 14.7. The highest BCUT2D eigenvalue weighted by atomic mass is 32.1. The van der Waals surface area contributed by atoms with Gasteiger partial charge in [0.25, 0.3) is 5.91 Å². The summed E-state index contributed by atoms with van der Waals surface area (Å²) < 4.78 is 11.6. The maximum absolute atomic E-state index is 12.8. The van der Waals surface area contributed by atoms with Gasteiger partial charge in [0, 0.05) is 42.6 Å². The predicted octanol–water partition coefficient (Wildman–Crippen LogP) is 3.70. The molecule has 0 bridgehead atoms. The van der Waals surface area contributed by atoms with Crippen LogP contribution in [0.3, 0.4) is 0 Å². The number of aliphatic hydroxyl groups is 1. The van der Waals surface area contributed by atoms with E-state index in [9.17, 15) is 4.79 Å². The van der Waals surface area contributed by atoms with Crippen LogP contribution in [0.1, 0.15) is 29.9 Å². The van der Waals surface area contributed by atoms with Gasteiger partial charge in [0.2, 0.25) is 6.29 Å². The molecule has 6 nitrogen and oxygen atoms in total. The van der Waals surface area contributed by atoms with E-state index in [0.29, 0.717) is 31.8 Å². The first-order valence-corrected chi connectivity index (χ1v) is 11.1. The number of H-pyrrole nitrogens is 1. The van der Waals surface area contributed by atoms with Gasteiger partial charge < -0.3 is 24.9 Å². The lowest BCUT2D eigenvalue weighted by Gasteiger charge is -2.29. The molecule has 0 radical (unpaired) electrons. The average Bonchev–Trinajstić information content (AvgIpc) is 3.44. The Balaban J connectivity index is 1.39. The number of carbonyl (C=O) groups excluding carboxylic acids is 1. The minimum Gasteiger partial charge on any atom is -0.459 e. The van der Waals surface area contributed by atoms with Crippen LogP contribution in [0.5, 0.6) is 0 Å². The summed E-state index contributed by atoms with van der Waals surface area (Å²) in [5.74, 6) is 0.134. The Bertz CT molecular complexity index is 996. The fraction of sp³-hybridized carbons (Fsp3) is 0.348. The van der Waals surface area contributed by atoms with Gasteiger partial charge in [0.15, 0.2) is 5.76 Å². The normalized spacial score (nSPS) is 18.8. The van der Waals surface area contributed by atoms with Gasteiger partial charge in [-0.15, -0.1) is 0 Å². The molecule has 0 saturated carbocycles. The molecule has 3 N–H and O–H groups in total. The van der Waals surface area contributed by atoms with Crippen molar-refractivity contribution in [3.8, 4) is 0 Å². The third-order valence-corrected chi connectivity index (χ3v) is 5.91. The van der Waals surface area contributed by atoms with E-state index in [1.165, 1.54) is 10.9 Å². The SMILES string of the molecule is O=C(NCCc1c[nH]c2ccccc12)C1=C[C@H](c2ccsc2)C[C@H](OCCCO)O1. The number of aromatic amines is 1. The molecular weight excluding hydrogens is 400 g/mol. The summed E-state index contributed by atoms with van der Waals surface area (Å²) >= 11 is 1.63. The lowest BCUT2D eigenvalue weighted by Crippen LogP contribution is -2.34. The molecular formula is C23H26N2O4S. The van der Waals surface area contributed by atoms with Gasteiger partial charge in [-0.2, -0.15) is 11.3 Å². The molecule has 7 heteroatoms. The first kappa shape index (κ1) is 20.7. The number of benzene rings is 1. The molecule has 1 aliphatic heterocycles. The topological polar surface area (TPSA) is 83.6 Å². The van der Waals surface area contributed by atoms with E-state index >= 15 is 0 Å². The van der Waals surface area contributed by atoms with Crippen molar-refractivity contribution in [2.75, 3.05) is 19.8 Å². The van der Waals surface area contributed by atoms with E-state index in [1.807, 2.05) is 35.9 Å². The molecule has 1 aromatic carbocycles. The van der Waals surface area contributed by atoms with E-state index in [4.69, 9.17) is 14.6 Å². The number of para-hydroxylation sites is 1. The van der Waals surface area contributed by atoms with Gasteiger partial charge in [-0.1, -0.05) is 18.2 Å². The number of amides is 1. The van der Waals surface area contributed by atoms with Crippen LogP contribution in [-0.4, -0.2) is 42.0 Å². The number of hydrogen-bond donors (Lipinski definition) is 3. The molecule has 0 fully saturated rings. The summed E-state index contributed by atoms with van der Waals surface area (Å²) in [7, 11) is 0. The summed E-state index contributed by atoms with van der Waals surface area (Å²) in [6.07, 6.45) is 5.29. The van der Waals surface area contributed by atoms with Crippen molar-refractivity contribution in [3.63, 3.8) is 0 Å². The molecule has 0 aliphatic carbocycles. The van der Waals surface area contributed by atoms with Gasteiger partial charge in [0.1, 0.15) is 0 Å². The molecule has 2 aromatic heterocycles. The summed E-state index contributed by atoms with van der Waals surface area (Å²) in [4.78, 5) is 16.0. The Morgan fingerprint density at radius 1 is 1.33 bits per heavy atom. The quantitative estimate of drug-likeness (QED) is 0.456.